The van der Waals surface area contributed by atoms with E-state index in [0.717, 1.165) is 117 Å². The summed E-state index contributed by atoms with van der Waals surface area (Å²) in [6.07, 6.45) is 2.02. The molecule has 6 heteroatoms. The third-order valence-electron chi connectivity index (χ3n) is 16.8. The van der Waals surface area contributed by atoms with Crippen molar-refractivity contribution in [3.05, 3.63) is 296 Å². The summed E-state index contributed by atoms with van der Waals surface area (Å²) in [6, 6.07) is 99.0. The van der Waals surface area contributed by atoms with Gasteiger partial charge in [-0.1, -0.05) is 258 Å². The maximum atomic E-state index is 7.22. The molecule has 0 unspecified atom stereocenters. The van der Waals surface area contributed by atoms with Crippen LogP contribution in [0.4, 0.5) is 22.7 Å². The first kappa shape index (κ1) is 56.6. The summed E-state index contributed by atoms with van der Waals surface area (Å²) in [6.45, 7) is 17.9. The van der Waals surface area contributed by atoms with Crippen LogP contribution in [0, 0.1) is 25.7 Å². The number of rotatable bonds is 11. The Morgan fingerprint density at radius 3 is 1.54 bits per heavy atom. The minimum absolute atomic E-state index is 0. The van der Waals surface area contributed by atoms with Crippen LogP contribution in [0.15, 0.2) is 261 Å². The number of nitrogens with zero attached hydrogens (tertiary/aromatic N) is 4. The van der Waals surface area contributed by atoms with Crippen molar-refractivity contribution >= 4 is 44.6 Å². The molecule has 0 aliphatic carbocycles. The number of hydrogen-bond donors (Lipinski definition) is 0. The molecule has 0 bridgehead atoms. The van der Waals surface area contributed by atoms with Crippen molar-refractivity contribution in [3.8, 4) is 84.1 Å². The first-order chi connectivity index (χ1) is 41.8. The zero-order valence-corrected chi connectivity index (χ0v) is 52.2. The second-order valence-corrected chi connectivity index (χ2v) is 24.6. The van der Waals surface area contributed by atoms with Gasteiger partial charge in [0.1, 0.15) is 5.82 Å². The molecule has 0 amide bonds. The first-order valence-corrected chi connectivity index (χ1v) is 29.7. The standard InChI is InChI=1S/C81H65N4O.Pt/c1-54-46-78(82-52-72(54)59-38-43-64(44-39-59)81(5,6)7)85-73-45-40-61(56-24-13-9-14-25-56)48-70(73)71-50-69(57-26-15-10-16-27-57)77(51-76(71)85)86-66-31-20-30-65(49-66)83-53-84(75-35-18-17-34-74(75)83)79-67(58-36-41-63(42-37-58)80(2,3)4)32-21-33-68(79)62-29-19-28-60(47-62)55-22-11-8-12-23-55;/h8-48,50,52-53H,1-7H3;/q-3;. The minimum Gasteiger partial charge on any atom is -0.509 e. The van der Waals surface area contributed by atoms with Gasteiger partial charge in [-0.2, -0.15) is 12.1 Å². The van der Waals surface area contributed by atoms with Gasteiger partial charge in [-0.25, -0.2) is 4.98 Å². The van der Waals surface area contributed by atoms with Crippen molar-refractivity contribution in [3.63, 3.8) is 0 Å². The SMILES string of the molecule is Cc1cc(-n2c3[c-]c(Oc4[c-]c(N5[CH-]N(c6c(-c7ccc(C(C)(C)C)cc7)cccc6-c6cccc(-c7ccccc7)c6)c6ccccc65)ccc4)c(-c4ccccc4)cc3c3cc(-c4ccccc4)ccc32)ncc1-c1ccc(C(C)(C)C)cc1.[Pt]. The summed E-state index contributed by atoms with van der Waals surface area (Å²) in [5.41, 5.74) is 23.0. The minimum atomic E-state index is 0. The molecule has 0 radical (unpaired) electrons. The molecular weight excluding hydrogens is 1240 g/mol. The van der Waals surface area contributed by atoms with Gasteiger partial charge in [-0.05, 0) is 109 Å². The van der Waals surface area contributed by atoms with E-state index in [1.807, 2.05) is 12.3 Å². The van der Waals surface area contributed by atoms with Crippen molar-refractivity contribution in [2.75, 3.05) is 9.80 Å². The zero-order chi connectivity index (χ0) is 58.7. The van der Waals surface area contributed by atoms with Gasteiger partial charge in [-0.3, -0.25) is 0 Å². The van der Waals surface area contributed by atoms with Crippen LogP contribution in [0.1, 0.15) is 58.2 Å². The number of ether oxygens (including phenoxy) is 1. The summed E-state index contributed by atoms with van der Waals surface area (Å²) >= 11 is 0. The Kier molecular flexibility index (Phi) is 15.0. The molecule has 428 valence electrons. The number of benzene rings is 11. The molecule has 0 spiro atoms. The summed E-state index contributed by atoms with van der Waals surface area (Å²) in [5.74, 6) is 1.94. The average molecular weight is 1310 g/mol. The van der Waals surface area contributed by atoms with Crippen LogP contribution in [-0.4, -0.2) is 9.55 Å². The number of para-hydroxylation sites is 3. The topological polar surface area (TPSA) is 33.5 Å². The summed E-state index contributed by atoms with van der Waals surface area (Å²) in [7, 11) is 0. The fourth-order valence-corrected chi connectivity index (χ4v) is 12.2. The van der Waals surface area contributed by atoms with Crippen LogP contribution in [0.25, 0.3) is 94.4 Å². The summed E-state index contributed by atoms with van der Waals surface area (Å²) in [5, 5.41) is 2.14. The smallest absolute Gasteiger partial charge is 0.135 e. The second-order valence-electron chi connectivity index (χ2n) is 24.6. The average Bonchev–Trinajstić information content (AvgIpc) is 1.90. The molecule has 13 aromatic rings. The Hall–Kier alpha value is -9.54. The monoisotopic (exact) mass is 1300 g/mol. The third-order valence-corrected chi connectivity index (χ3v) is 16.8. The maximum absolute atomic E-state index is 7.22. The number of aryl methyl sites for hydroxylation is 1. The van der Waals surface area contributed by atoms with Crippen LogP contribution in [0.2, 0.25) is 0 Å². The van der Waals surface area contributed by atoms with Crippen molar-refractivity contribution in [1.29, 1.82) is 0 Å². The van der Waals surface area contributed by atoms with Crippen molar-refractivity contribution < 1.29 is 25.8 Å². The molecule has 0 saturated heterocycles. The van der Waals surface area contributed by atoms with Crippen molar-refractivity contribution in [2.45, 2.75) is 59.3 Å². The number of hydrogen-bond acceptors (Lipinski definition) is 4. The van der Waals surface area contributed by atoms with Crippen molar-refractivity contribution in [2.24, 2.45) is 0 Å². The molecule has 2 aromatic heterocycles. The quantitative estimate of drug-likeness (QED) is 0.121. The molecule has 3 heterocycles. The van der Waals surface area contributed by atoms with E-state index in [1.165, 1.54) is 16.7 Å². The van der Waals surface area contributed by atoms with Gasteiger partial charge < -0.3 is 19.1 Å². The Bertz CT molecular complexity index is 4650. The van der Waals surface area contributed by atoms with Crippen LogP contribution in [0.3, 0.4) is 0 Å². The van der Waals surface area contributed by atoms with Crippen LogP contribution >= 0.6 is 0 Å². The van der Waals surface area contributed by atoms with E-state index >= 15 is 0 Å². The number of anilines is 4. The zero-order valence-electron chi connectivity index (χ0n) is 49.9. The van der Waals surface area contributed by atoms with E-state index in [1.54, 1.807) is 0 Å². The van der Waals surface area contributed by atoms with E-state index in [4.69, 9.17) is 9.72 Å². The number of aromatic nitrogens is 2. The molecule has 1 aliphatic heterocycles. The van der Waals surface area contributed by atoms with Gasteiger partial charge in [0.15, 0.2) is 0 Å². The van der Waals surface area contributed by atoms with E-state index in [0.29, 0.717) is 11.5 Å². The summed E-state index contributed by atoms with van der Waals surface area (Å²) < 4.78 is 9.47. The third kappa shape index (κ3) is 10.9. The largest absolute Gasteiger partial charge is 0.509 e. The van der Waals surface area contributed by atoms with E-state index in [9.17, 15) is 0 Å². The Balaban J connectivity index is 0.00000700. The van der Waals surface area contributed by atoms with Crippen LogP contribution in [0.5, 0.6) is 11.5 Å². The molecule has 1 aliphatic rings. The Labute approximate surface area is 526 Å². The van der Waals surface area contributed by atoms with Crippen LogP contribution in [-0.2, 0) is 31.9 Å². The number of pyridine rings is 1. The van der Waals surface area contributed by atoms with Gasteiger partial charge >= 0.3 is 0 Å². The first-order valence-electron chi connectivity index (χ1n) is 29.7. The van der Waals surface area contributed by atoms with Gasteiger partial charge in [0, 0.05) is 78.0 Å². The van der Waals surface area contributed by atoms with Gasteiger partial charge in [-0.15, -0.1) is 42.0 Å². The van der Waals surface area contributed by atoms with E-state index < -0.39 is 0 Å². The van der Waals surface area contributed by atoms with E-state index in [2.05, 4.69) is 330 Å². The fourth-order valence-electron chi connectivity index (χ4n) is 12.2. The van der Waals surface area contributed by atoms with Crippen molar-refractivity contribution in [1.82, 2.24) is 9.55 Å². The second kappa shape index (κ2) is 23.0. The Morgan fingerprint density at radius 2 is 0.920 bits per heavy atom. The van der Waals surface area contributed by atoms with Gasteiger partial charge in [0.05, 0.1) is 0 Å². The predicted octanol–water partition coefficient (Wildman–Crippen LogP) is 21.9. The summed E-state index contributed by atoms with van der Waals surface area (Å²) in [4.78, 5) is 9.85. The maximum Gasteiger partial charge on any atom is 0.135 e. The normalized spacial score (nSPS) is 12.4. The molecule has 14 rings (SSSR count). The molecule has 87 heavy (non-hydrogen) atoms. The van der Waals surface area contributed by atoms with Crippen LogP contribution < -0.4 is 14.5 Å². The molecule has 0 atom stereocenters. The Morgan fingerprint density at radius 1 is 0.414 bits per heavy atom. The molecule has 0 fully saturated rings. The molecule has 5 nitrogen and oxygen atoms in total. The van der Waals surface area contributed by atoms with E-state index in [-0.39, 0.29) is 31.9 Å². The molecule has 0 N–H and O–H groups in total. The molecule has 11 aromatic carbocycles. The molecule has 0 saturated carbocycles. The van der Waals surface area contributed by atoms with Gasteiger partial charge in [0.2, 0.25) is 0 Å². The molecular formula is C81H65N4OPt-3. The predicted molar refractivity (Wildman–Crippen MR) is 359 cm³/mol. The fraction of sp³-hybridized carbons (Fsp3) is 0.111. The van der Waals surface area contributed by atoms with Gasteiger partial charge in [0.25, 0.3) is 0 Å². The number of fused-ring (bicyclic) bond motifs is 4.